The topological polar surface area (TPSA) is 188 Å². The summed E-state index contributed by atoms with van der Waals surface area (Å²) in [7, 11) is 0. The summed E-state index contributed by atoms with van der Waals surface area (Å²) in [6, 6.07) is 16.5. The zero-order valence-electron chi connectivity index (χ0n) is 20.2. The van der Waals surface area contributed by atoms with Crippen LogP contribution in [0.5, 0.6) is 0 Å². The van der Waals surface area contributed by atoms with Gasteiger partial charge in [-0.25, -0.2) is 0 Å². The zero-order chi connectivity index (χ0) is 27.7. The maximum absolute atomic E-state index is 12.5. The first kappa shape index (κ1) is 25.0. The number of nitrogens with one attached hydrogen (secondary N) is 4. The van der Waals surface area contributed by atoms with E-state index >= 15 is 0 Å². The molecule has 0 atom stereocenters. The standard InChI is InChI=1S/C26H21N7O6/c27-26(29-17-3-6-18(7-4-17)33(38)39)28-12-15-9-10-31(13-15)19-5-1-16-2-8-21-23(20(16)11-19)32(14-22(34)35)25(37)24(36)30-21/h1-11,13H,12,14H2,(H,30,36)(H,34,35)(H3,27,28,29). The Hall–Kier alpha value is -5.72. The lowest BCUT2D eigenvalue weighted by molar-refractivity contribution is -0.384. The molecule has 2 aromatic heterocycles. The lowest BCUT2D eigenvalue weighted by atomic mass is 10.1. The van der Waals surface area contributed by atoms with Gasteiger partial charge in [-0.05, 0) is 47.3 Å². The molecule has 0 aliphatic rings. The number of anilines is 1. The third kappa shape index (κ3) is 5.09. The number of aliphatic carboxylic acids is 1. The molecule has 39 heavy (non-hydrogen) atoms. The Morgan fingerprint density at radius 3 is 2.54 bits per heavy atom. The van der Waals surface area contributed by atoms with Gasteiger partial charge in [0.2, 0.25) is 0 Å². The van der Waals surface area contributed by atoms with Crippen LogP contribution >= 0.6 is 0 Å². The lowest BCUT2D eigenvalue weighted by Crippen LogP contribution is -2.37. The van der Waals surface area contributed by atoms with Crippen molar-refractivity contribution in [2.75, 3.05) is 5.32 Å². The average molecular weight is 527 g/mol. The van der Waals surface area contributed by atoms with Gasteiger partial charge in [0.15, 0.2) is 5.96 Å². The number of aromatic nitrogens is 3. The molecule has 0 aliphatic carbocycles. The Kier molecular flexibility index (Phi) is 6.38. The minimum Gasteiger partial charge on any atom is -0.480 e. The van der Waals surface area contributed by atoms with Crippen LogP contribution in [0.2, 0.25) is 0 Å². The Labute approximate surface area is 218 Å². The SMILES string of the molecule is N=C(NCc1ccn(-c2ccc3ccc4[nH]c(=O)c(=O)n(CC(=O)O)c4c3c2)c1)Nc1ccc([N+](=O)[O-])cc1. The number of aromatic amines is 1. The van der Waals surface area contributed by atoms with Crippen molar-refractivity contribution in [2.24, 2.45) is 0 Å². The number of H-pyrrole nitrogens is 1. The summed E-state index contributed by atoms with van der Waals surface area (Å²) < 4.78 is 2.81. The number of carboxylic acid groups (broad SMARTS) is 1. The summed E-state index contributed by atoms with van der Waals surface area (Å²) in [6.45, 7) is -0.330. The second kappa shape index (κ2) is 9.97. The Bertz CT molecular complexity index is 1890. The number of hydrogen-bond acceptors (Lipinski definition) is 6. The normalized spacial score (nSPS) is 11.0. The number of non-ortho nitro benzene ring substituents is 1. The molecule has 0 aliphatic heterocycles. The van der Waals surface area contributed by atoms with Crippen molar-refractivity contribution in [3.05, 3.63) is 109 Å². The molecule has 0 spiro atoms. The fourth-order valence-electron chi connectivity index (χ4n) is 4.28. The van der Waals surface area contributed by atoms with Crippen LogP contribution in [-0.4, -0.2) is 36.1 Å². The highest BCUT2D eigenvalue weighted by Gasteiger charge is 2.14. The van der Waals surface area contributed by atoms with Gasteiger partial charge in [-0.2, -0.15) is 0 Å². The predicted molar refractivity (Wildman–Crippen MR) is 145 cm³/mol. The molecule has 0 fully saturated rings. The van der Waals surface area contributed by atoms with E-state index in [1.165, 1.54) is 24.3 Å². The third-order valence-electron chi connectivity index (χ3n) is 6.10. The summed E-state index contributed by atoms with van der Waals surface area (Å²) in [6.07, 6.45) is 3.67. The highest BCUT2D eigenvalue weighted by molar-refractivity contribution is 6.05. The van der Waals surface area contributed by atoms with Gasteiger partial charge in [0.25, 0.3) is 5.69 Å². The van der Waals surface area contributed by atoms with Crippen molar-refractivity contribution in [1.82, 2.24) is 19.4 Å². The van der Waals surface area contributed by atoms with Crippen LogP contribution in [0.25, 0.3) is 27.5 Å². The first-order valence-corrected chi connectivity index (χ1v) is 11.6. The average Bonchev–Trinajstić information content (AvgIpc) is 3.39. The molecule has 0 bridgehead atoms. The predicted octanol–water partition coefficient (Wildman–Crippen LogP) is 2.76. The van der Waals surface area contributed by atoms with Gasteiger partial charge < -0.3 is 25.3 Å². The van der Waals surface area contributed by atoms with E-state index in [1.54, 1.807) is 12.1 Å². The van der Waals surface area contributed by atoms with Crippen LogP contribution in [0.3, 0.4) is 0 Å². The number of nitro groups is 1. The van der Waals surface area contributed by atoms with Gasteiger partial charge in [0.05, 0.1) is 16.0 Å². The van der Waals surface area contributed by atoms with Crippen LogP contribution < -0.4 is 21.8 Å². The molecule has 0 amide bonds. The molecule has 3 aromatic carbocycles. The molecule has 5 rings (SSSR count). The largest absolute Gasteiger partial charge is 0.480 e. The molecule has 196 valence electrons. The maximum atomic E-state index is 12.5. The molecule has 5 aromatic rings. The van der Waals surface area contributed by atoms with Crippen LogP contribution in [0.1, 0.15) is 5.56 Å². The molecule has 0 saturated carbocycles. The highest BCUT2D eigenvalue weighted by Crippen LogP contribution is 2.26. The van der Waals surface area contributed by atoms with Gasteiger partial charge in [-0.1, -0.05) is 12.1 Å². The van der Waals surface area contributed by atoms with Crippen molar-refractivity contribution in [1.29, 1.82) is 5.41 Å². The van der Waals surface area contributed by atoms with Gasteiger partial charge >= 0.3 is 17.1 Å². The zero-order valence-corrected chi connectivity index (χ0v) is 20.2. The molecule has 0 radical (unpaired) electrons. The van der Waals surface area contributed by atoms with Crippen LogP contribution in [0.4, 0.5) is 11.4 Å². The Morgan fingerprint density at radius 1 is 1.08 bits per heavy atom. The minimum absolute atomic E-state index is 0.0131. The van der Waals surface area contributed by atoms with E-state index in [9.17, 15) is 29.6 Å². The number of nitrogens with zero attached hydrogens (tertiary/aromatic N) is 3. The Morgan fingerprint density at radius 2 is 1.82 bits per heavy atom. The number of nitro benzene ring substituents is 1. The van der Waals surface area contributed by atoms with E-state index in [-0.39, 0.29) is 11.6 Å². The fraction of sp³-hybridized carbons (Fsp3) is 0.0769. The van der Waals surface area contributed by atoms with E-state index < -0.39 is 28.6 Å². The molecule has 2 heterocycles. The fourth-order valence-corrected chi connectivity index (χ4v) is 4.28. The van der Waals surface area contributed by atoms with Gasteiger partial charge in [-0.15, -0.1) is 0 Å². The van der Waals surface area contributed by atoms with Crippen molar-refractivity contribution >= 4 is 45.1 Å². The maximum Gasteiger partial charge on any atom is 0.323 e. The molecule has 0 unspecified atom stereocenters. The number of guanidine groups is 1. The van der Waals surface area contributed by atoms with Crippen molar-refractivity contribution in [2.45, 2.75) is 13.1 Å². The highest BCUT2D eigenvalue weighted by atomic mass is 16.6. The number of fused-ring (bicyclic) bond motifs is 3. The molecular weight excluding hydrogens is 506 g/mol. The number of hydrogen-bond donors (Lipinski definition) is 5. The van der Waals surface area contributed by atoms with Crippen molar-refractivity contribution in [3.8, 4) is 5.69 Å². The first-order chi connectivity index (χ1) is 18.7. The monoisotopic (exact) mass is 527 g/mol. The smallest absolute Gasteiger partial charge is 0.323 e. The second-order valence-electron chi connectivity index (χ2n) is 8.69. The number of carboxylic acids is 1. The van der Waals surface area contributed by atoms with E-state index in [4.69, 9.17) is 5.41 Å². The van der Waals surface area contributed by atoms with Gasteiger partial charge in [0.1, 0.15) is 6.54 Å². The van der Waals surface area contributed by atoms with Gasteiger partial charge in [-0.3, -0.25) is 34.5 Å². The van der Waals surface area contributed by atoms with E-state index in [1.807, 2.05) is 41.2 Å². The summed E-state index contributed by atoms with van der Waals surface area (Å²) >= 11 is 0. The third-order valence-corrected chi connectivity index (χ3v) is 6.10. The molecule has 13 heteroatoms. The molecule has 0 saturated heterocycles. The molecule has 5 N–H and O–H groups in total. The van der Waals surface area contributed by atoms with Crippen molar-refractivity contribution < 1.29 is 14.8 Å². The number of carbonyl (C=O) groups is 1. The molecule has 13 nitrogen and oxygen atoms in total. The first-order valence-electron chi connectivity index (χ1n) is 11.6. The van der Waals surface area contributed by atoms with Crippen LogP contribution in [-0.2, 0) is 17.9 Å². The van der Waals surface area contributed by atoms with Crippen LogP contribution in [0, 0.1) is 15.5 Å². The van der Waals surface area contributed by atoms with E-state index in [2.05, 4.69) is 15.6 Å². The quantitative estimate of drug-likeness (QED) is 0.0533. The Balaban J connectivity index is 1.39. The van der Waals surface area contributed by atoms with Crippen molar-refractivity contribution in [3.63, 3.8) is 0 Å². The summed E-state index contributed by atoms with van der Waals surface area (Å²) in [5.41, 5.74) is 0.917. The molecular formula is C26H21N7O6. The summed E-state index contributed by atoms with van der Waals surface area (Å²) in [4.78, 5) is 48.8. The summed E-state index contributed by atoms with van der Waals surface area (Å²) in [5.74, 6) is -1.23. The minimum atomic E-state index is -1.24. The second-order valence-corrected chi connectivity index (χ2v) is 8.69. The van der Waals surface area contributed by atoms with Gasteiger partial charge in [0, 0.05) is 47.8 Å². The number of benzene rings is 3. The van der Waals surface area contributed by atoms with Crippen LogP contribution in [0.15, 0.2) is 82.6 Å². The van der Waals surface area contributed by atoms with E-state index in [0.29, 0.717) is 28.7 Å². The summed E-state index contributed by atoms with van der Waals surface area (Å²) in [5, 5.41) is 35.3. The number of rotatable bonds is 7. The van der Waals surface area contributed by atoms with E-state index in [0.717, 1.165) is 21.2 Å². The lowest BCUT2D eigenvalue weighted by Gasteiger charge is -2.12.